The monoisotopic (exact) mass is 347 g/mol. The lowest BCUT2D eigenvalue weighted by Gasteiger charge is -2.35. The van der Waals surface area contributed by atoms with E-state index < -0.39 is 23.5 Å². The van der Waals surface area contributed by atoms with E-state index in [1.807, 2.05) is 12.1 Å². The molecular weight excluding hydrogens is 334 g/mol. The van der Waals surface area contributed by atoms with Gasteiger partial charge in [-0.1, -0.05) is 12.1 Å². The zero-order valence-electron chi connectivity index (χ0n) is 13.5. The molecule has 0 aliphatic carbocycles. The quantitative estimate of drug-likeness (QED) is 0.817. The molecule has 26 heavy (non-hydrogen) atoms. The number of aliphatic hydroxyl groups is 1. The van der Waals surface area contributed by atoms with Crippen LogP contribution in [-0.2, 0) is 15.1 Å². The Balaban J connectivity index is 2.28. The first-order valence-electron chi connectivity index (χ1n) is 7.63. The molecule has 2 unspecified atom stereocenters. The fraction of sp³-hybridized carbons (Fsp3) is 0.167. The van der Waals surface area contributed by atoms with Crippen LogP contribution in [0.5, 0.6) is 0 Å². The molecule has 0 saturated carbocycles. The van der Waals surface area contributed by atoms with E-state index in [1.165, 1.54) is 24.4 Å². The Labute approximate surface area is 148 Å². The molecule has 2 amide bonds. The average molecular weight is 347 g/mol. The summed E-state index contributed by atoms with van der Waals surface area (Å²) in [6, 6.07) is 12.8. The van der Waals surface area contributed by atoms with Gasteiger partial charge in [-0.25, -0.2) is 4.98 Å². The minimum absolute atomic E-state index is 0.0201. The SMILES string of the molecule is N#Cc1cccc(C2(C(N)=O)CC(O)C(=O)N2c2cc(C#N)ccn2)c1. The lowest BCUT2D eigenvalue weighted by Crippen LogP contribution is -2.53. The minimum Gasteiger partial charge on any atom is -0.383 e. The Morgan fingerprint density at radius 2 is 1.96 bits per heavy atom. The van der Waals surface area contributed by atoms with Crippen LogP contribution in [0.25, 0.3) is 0 Å². The van der Waals surface area contributed by atoms with Crippen molar-refractivity contribution in [2.45, 2.75) is 18.1 Å². The number of benzene rings is 1. The number of nitriles is 2. The van der Waals surface area contributed by atoms with Gasteiger partial charge in [-0.2, -0.15) is 10.5 Å². The predicted molar refractivity (Wildman–Crippen MR) is 89.1 cm³/mol. The molecule has 0 radical (unpaired) electrons. The maximum atomic E-state index is 12.6. The number of hydrogen-bond donors (Lipinski definition) is 2. The van der Waals surface area contributed by atoms with E-state index in [4.69, 9.17) is 16.3 Å². The van der Waals surface area contributed by atoms with E-state index >= 15 is 0 Å². The molecule has 0 bridgehead atoms. The molecule has 1 saturated heterocycles. The Morgan fingerprint density at radius 3 is 2.62 bits per heavy atom. The van der Waals surface area contributed by atoms with Crippen molar-refractivity contribution in [3.63, 3.8) is 0 Å². The zero-order valence-corrected chi connectivity index (χ0v) is 13.5. The molecule has 1 aliphatic rings. The first-order valence-corrected chi connectivity index (χ1v) is 7.63. The predicted octanol–water partition coefficient (Wildman–Crippen LogP) is 0.303. The van der Waals surface area contributed by atoms with Crippen LogP contribution in [0.4, 0.5) is 5.82 Å². The summed E-state index contributed by atoms with van der Waals surface area (Å²) in [4.78, 5) is 30.2. The van der Waals surface area contributed by atoms with E-state index in [0.717, 1.165) is 4.90 Å². The minimum atomic E-state index is -1.72. The zero-order chi connectivity index (χ0) is 18.9. The fourth-order valence-corrected chi connectivity index (χ4v) is 3.16. The summed E-state index contributed by atoms with van der Waals surface area (Å²) in [5.74, 6) is -1.61. The Morgan fingerprint density at radius 1 is 1.27 bits per heavy atom. The van der Waals surface area contributed by atoms with Crippen LogP contribution in [0, 0.1) is 22.7 Å². The first-order chi connectivity index (χ1) is 12.4. The third-order valence-electron chi connectivity index (χ3n) is 4.36. The summed E-state index contributed by atoms with van der Waals surface area (Å²) >= 11 is 0. The Bertz CT molecular complexity index is 991. The van der Waals surface area contributed by atoms with Crippen LogP contribution in [0.1, 0.15) is 23.1 Å². The normalized spacial score (nSPS) is 21.9. The summed E-state index contributed by atoms with van der Waals surface area (Å²) in [5, 5.41) is 28.4. The van der Waals surface area contributed by atoms with Gasteiger partial charge < -0.3 is 10.8 Å². The van der Waals surface area contributed by atoms with Gasteiger partial charge in [0, 0.05) is 12.6 Å². The van der Waals surface area contributed by atoms with Gasteiger partial charge in [0.1, 0.15) is 11.9 Å². The molecule has 1 aromatic heterocycles. The van der Waals surface area contributed by atoms with Crippen molar-refractivity contribution in [2.24, 2.45) is 5.73 Å². The van der Waals surface area contributed by atoms with Crippen LogP contribution in [0.2, 0.25) is 0 Å². The number of primary amides is 1. The summed E-state index contributed by atoms with van der Waals surface area (Å²) in [7, 11) is 0. The van der Waals surface area contributed by atoms with Crippen molar-refractivity contribution in [1.29, 1.82) is 10.5 Å². The number of carbonyl (C=O) groups excluding carboxylic acids is 2. The van der Waals surface area contributed by atoms with Crippen LogP contribution in [-0.4, -0.2) is 28.0 Å². The van der Waals surface area contributed by atoms with E-state index in [9.17, 15) is 14.7 Å². The molecule has 1 aliphatic heterocycles. The number of aliphatic hydroxyl groups excluding tert-OH is 1. The molecule has 2 heterocycles. The van der Waals surface area contributed by atoms with E-state index in [0.29, 0.717) is 0 Å². The van der Waals surface area contributed by atoms with Crippen LogP contribution >= 0.6 is 0 Å². The second-order valence-corrected chi connectivity index (χ2v) is 5.83. The molecule has 3 N–H and O–H groups in total. The lowest BCUT2D eigenvalue weighted by atomic mass is 9.85. The molecule has 2 aromatic rings. The molecule has 128 valence electrons. The lowest BCUT2D eigenvalue weighted by molar-refractivity contribution is -0.126. The summed E-state index contributed by atoms with van der Waals surface area (Å²) < 4.78 is 0. The average Bonchev–Trinajstić information content (AvgIpc) is 2.94. The van der Waals surface area contributed by atoms with E-state index in [1.54, 1.807) is 18.2 Å². The number of nitrogens with zero attached hydrogens (tertiary/aromatic N) is 4. The molecular formula is C18H13N5O3. The van der Waals surface area contributed by atoms with E-state index in [2.05, 4.69) is 4.98 Å². The Kier molecular flexibility index (Phi) is 4.13. The summed E-state index contributed by atoms with van der Waals surface area (Å²) in [6.45, 7) is 0. The second-order valence-electron chi connectivity index (χ2n) is 5.83. The first kappa shape index (κ1) is 17.1. The van der Waals surface area contributed by atoms with Gasteiger partial charge in [-0.3, -0.25) is 14.5 Å². The number of amides is 2. The van der Waals surface area contributed by atoms with Gasteiger partial charge >= 0.3 is 0 Å². The number of pyridine rings is 1. The number of nitrogens with two attached hydrogens (primary N) is 1. The smallest absolute Gasteiger partial charge is 0.258 e. The number of rotatable bonds is 3. The van der Waals surface area contributed by atoms with Gasteiger partial charge in [0.25, 0.3) is 5.91 Å². The van der Waals surface area contributed by atoms with Crippen LogP contribution < -0.4 is 10.6 Å². The molecule has 3 rings (SSSR count). The van der Waals surface area contributed by atoms with Crippen molar-refractivity contribution in [3.8, 4) is 12.1 Å². The van der Waals surface area contributed by atoms with Crippen molar-refractivity contribution in [1.82, 2.24) is 4.98 Å². The van der Waals surface area contributed by atoms with Crippen LogP contribution in [0.3, 0.4) is 0 Å². The van der Waals surface area contributed by atoms with Gasteiger partial charge in [0.05, 0.1) is 23.3 Å². The molecule has 0 spiro atoms. The fourth-order valence-electron chi connectivity index (χ4n) is 3.16. The highest BCUT2D eigenvalue weighted by atomic mass is 16.3. The number of carbonyl (C=O) groups is 2. The molecule has 1 fully saturated rings. The molecule has 2 atom stereocenters. The van der Waals surface area contributed by atoms with Crippen molar-refractivity contribution in [3.05, 3.63) is 59.3 Å². The molecule has 8 nitrogen and oxygen atoms in total. The van der Waals surface area contributed by atoms with Gasteiger partial charge in [-0.15, -0.1) is 0 Å². The van der Waals surface area contributed by atoms with Crippen molar-refractivity contribution < 1.29 is 14.7 Å². The highest BCUT2D eigenvalue weighted by Gasteiger charge is 2.57. The summed E-state index contributed by atoms with van der Waals surface area (Å²) in [6.07, 6.45) is -0.432. The van der Waals surface area contributed by atoms with Crippen molar-refractivity contribution in [2.75, 3.05) is 4.90 Å². The number of aromatic nitrogens is 1. The molecule has 1 aromatic carbocycles. The standard InChI is InChI=1S/C18H13N5O3/c19-9-11-2-1-3-13(6-11)18(17(21)26)8-14(24)16(25)23(18)15-7-12(10-20)4-5-22-15/h1-7,14,24H,8H2,(H2,21,26). The maximum absolute atomic E-state index is 12.6. The third kappa shape index (κ3) is 2.46. The topological polar surface area (TPSA) is 144 Å². The van der Waals surface area contributed by atoms with Gasteiger partial charge in [0.15, 0.2) is 5.54 Å². The number of anilines is 1. The third-order valence-corrected chi connectivity index (χ3v) is 4.36. The summed E-state index contributed by atoms with van der Waals surface area (Å²) in [5.41, 5.74) is 4.74. The van der Waals surface area contributed by atoms with Gasteiger partial charge in [-0.05, 0) is 29.8 Å². The highest BCUT2D eigenvalue weighted by Crippen LogP contribution is 2.42. The van der Waals surface area contributed by atoms with E-state index in [-0.39, 0.29) is 28.9 Å². The highest BCUT2D eigenvalue weighted by molar-refractivity contribution is 6.08. The van der Waals surface area contributed by atoms with Crippen molar-refractivity contribution >= 4 is 17.6 Å². The maximum Gasteiger partial charge on any atom is 0.258 e. The van der Waals surface area contributed by atoms with Crippen LogP contribution in [0.15, 0.2) is 42.6 Å². The Hall–Kier alpha value is -3.75. The number of hydrogen-bond acceptors (Lipinski definition) is 6. The van der Waals surface area contributed by atoms with Gasteiger partial charge in [0.2, 0.25) is 5.91 Å². The molecule has 8 heteroatoms. The second kappa shape index (κ2) is 6.28. The largest absolute Gasteiger partial charge is 0.383 e.